The van der Waals surface area contributed by atoms with E-state index in [4.69, 9.17) is 23.2 Å². The van der Waals surface area contributed by atoms with Crippen molar-refractivity contribution in [2.45, 2.75) is 38.0 Å². The van der Waals surface area contributed by atoms with E-state index < -0.39 is 11.7 Å². The fourth-order valence-corrected chi connectivity index (χ4v) is 3.89. The number of nitrogens with one attached hydrogen (secondary N) is 1. The van der Waals surface area contributed by atoms with Gasteiger partial charge in [0, 0.05) is 16.5 Å². The van der Waals surface area contributed by atoms with Crippen molar-refractivity contribution in [1.82, 2.24) is 15.1 Å². The summed E-state index contributed by atoms with van der Waals surface area (Å²) in [7, 11) is 0. The van der Waals surface area contributed by atoms with Gasteiger partial charge in [0.15, 0.2) is 5.15 Å². The lowest BCUT2D eigenvalue weighted by molar-refractivity contribution is -0.136. The van der Waals surface area contributed by atoms with E-state index in [9.17, 15) is 13.2 Å². The van der Waals surface area contributed by atoms with Crippen LogP contribution in [-0.4, -0.2) is 28.2 Å². The molecule has 0 radical (unpaired) electrons. The Kier molecular flexibility index (Phi) is 4.11. The minimum absolute atomic E-state index is 0.00265. The summed E-state index contributed by atoms with van der Waals surface area (Å²) in [5, 5.41) is 7.56. The Morgan fingerprint density at radius 1 is 1.24 bits per heavy atom. The highest BCUT2D eigenvalue weighted by atomic mass is 35.5. The van der Waals surface area contributed by atoms with Crippen LogP contribution in [0.4, 0.5) is 13.2 Å². The molecule has 1 unspecified atom stereocenters. The van der Waals surface area contributed by atoms with E-state index in [0.29, 0.717) is 18.3 Å². The molecule has 9 heteroatoms. The number of rotatable bonds is 3. The van der Waals surface area contributed by atoms with Crippen molar-refractivity contribution in [3.63, 3.8) is 0 Å². The maximum atomic E-state index is 13.4. The predicted molar refractivity (Wildman–Crippen MR) is 91.3 cm³/mol. The number of hydrogen-bond donors (Lipinski definition) is 1. The molecule has 1 fully saturated rings. The molecule has 1 aromatic heterocycles. The number of halogens is 5. The van der Waals surface area contributed by atoms with Crippen molar-refractivity contribution in [1.29, 1.82) is 0 Å². The number of hydrogen-bond acceptors (Lipinski definition) is 3. The van der Waals surface area contributed by atoms with Crippen molar-refractivity contribution in [2.75, 3.05) is 6.54 Å². The summed E-state index contributed by atoms with van der Waals surface area (Å²) >= 11 is 11.9. The SMILES string of the molecule is FC(F)(F)c1cc(Cl)cc2c(Cl)nn(CC3=NCC(C4CCC4)N3)c12. The zero-order chi connectivity index (χ0) is 17.8. The largest absolute Gasteiger partial charge is 0.418 e. The number of amidine groups is 1. The summed E-state index contributed by atoms with van der Waals surface area (Å²) in [6.07, 6.45) is -0.974. The number of alkyl halides is 3. The highest BCUT2D eigenvalue weighted by Gasteiger charge is 2.36. The second kappa shape index (κ2) is 6.06. The highest BCUT2D eigenvalue weighted by molar-refractivity contribution is 6.36. The smallest absolute Gasteiger partial charge is 0.367 e. The first-order valence-corrected chi connectivity index (χ1v) is 8.81. The van der Waals surface area contributed by atoms with E-state index >= 15 is 0 Å². The molecule has 4 nitrogen and oxygen atoms in total. The van der Waals surface area contributed by atoms with Crippen LogP contribution in [0.2, 0.25) is 10.2 Å². The van der Waals surface area contributed by atoms with Crippen LogP contribution in [0, 0.1) is 5.92 Å². The average Bonchev–Trinajstić information content (AvgIpc) is 3.02. The van der Waals surface area contributed by atoms with Crippen LogP contribution in [0.5, 0.6) is 0 Å². The van der Waals surface area contributed by atoms with Crippen LogP contribution in [-0.2, 0) is 12.7 Å². The third-order valence-corrected chi connectivity index (χ3v) is 5.42. The van der Waals surface area contributed by atoms with Crippen molar-refractivity contribution in [2.24, 2.45) is 10.9 Å². The van der Waals surface area contributed by atoms with E-state index in [1.165, 1.54) is 30.0 Å². The molecule has 2 aromatic rings. The summed E-state index contributed by atoms with van der Waals surface area (Å²) in [5.74, 6) is 1.24. The van der Waals surface area contributed by atoms with E-state index in [1.54, 1.807) is 0 Å². The van der Waals surface area contributed by atoms with Crippen LogP contribution < -0.4 is 5.32 Å². The number of benzene rings is 1. The van der Waals surface area contributed by atoms with Crippen molar-refractivity contribution in [3.8, 4) is 0 Å². The molecule has 25 heavy (non-hydrogen) atoms. The fourth-order valence-electron chi connectivity index (χ4n) is 3.44. The Balaban J connectivity index is 1.68. The predicted octanol–water partition coefficient (Wildman–Crippen LogP) is 4.53. The monoisotopic (exact) mass is 390 g/mol. The Labute approximate surface area is 152 Å². The molecule has 1 N–H and O–H groups in total. The third kappa shape index (κ3) is 3.08. The molecule has 2 heterocycles. The summed E-state index contributed by atoms with van der Waals surface area (Å²) in [4.78, 5) is 4.44. The Hall–Kier alpha value is -1.47. The third-order valence-electron chi connectivity index (χ3n) is 4.92. The van der Waals surface area contributed by atoms with Gasteiger partial charge in [-0.05, 0) is 30.9 Å². The molecule has 4 rings (SSSR count). The van der Waals surface area contributed by atoms with Gasteiger partial charge in [0.05, 0.1) is 24.2 Å². The quantitative estimate of drug-likeness (QED) is 0.836. The zero-order valence-corrected chi connectivity index (χ0v) is 14.6. The van der Waals surface area contributed by atoms with E-state index in [1.807, 2.05) is 0 Å². The highest BCUT2D eigenvalue weighted by Crippen LogP contribution is 2.39. The lowest BCUT2D eigenvalue weighted by Gasteiger charge is -2.31. The van der Waals surface area contributed by atoms with Crippen LogP contribution in [0.3, 0.4) is 0 Å². The van der Waals surface area contributed by atoms with Crippen molar-refractivity contribution >= 4 is 39.9 Å². The van der Waals surface area contributed by atoms with Crippen molar-refractivity contribution < 1.29 is 13.2 Å². The minimum Gasteiger partial charge on any atom is -0.367 e. The van der Waals surface area contributed by atoms with Crippen LogP contribution in [0.25, 0.3) is 10.9 Å². The first kappa shape index (κ1) is 17.0. The second-order valence-electron chi connectivity index (χ2n) is 6.52. The van der Waals surface area contributed by atoms with Gasteiger partial charge in [-0.15, -0.1) is 0 Å². The molecule has 1 aliphatic carbocycles. The van der Waals surface area contributed by atoms with E-state index in [-0.39, 0.29) is 33.7 Å². The number of fused-ring (bicyclic) bond motifs is 1. The van der Waals surface area contributed by atoms with Crippen LogP contribution in [0.1, 0.15) is 24.8 Å². The van der Waals surface area contributed by atoms with E-state index in [0.717, 1.165) is 6.07 Å². The van der Waals surface area contributed by atoms with Gasteiger partial charge < -0.3 is 5.32 Å². The van der Waals surface area contributed by atoms with Gasteiger partial charge in [0.1, 0.15) is 5.84 Å². The molecule has 0 bridgehead atoms. The van der Waals surface area contributed by atoms with Gasteiger partial charge in [0.2, 0.25) is 0 Å². The van der Waals surface area contributed by atoms with Gasteiger partial charge in [-0.2, -0.15) is 18.3 Å². The summed E-state index contributed by atoms with van der Waals surface area (Å²) in [5.41, 5.74) is -0.915. The first-order valence-electron chi connectivity index (χ1n) is 8.05. The van der Waals surface area contributed by atoms with E-state index in [2.05, 4.69) is 15.4 Å². The molecule has 1 aliphatic heterocycles. The van der Waals surface area contributed by atoms with Gasteiger partial charge in [-0.1, -0.05) is 29.6 Å². The minimum atomic E-state index is -4.55. The average molecular weight is 391 g/mol. The molecule has 1 aromatic carbocycles. The fraction of sp³-hybridized carbons (Fsp3) is 0.500. The topological polar surface area (TPSA) is 42.2 Å². The Morgan fingerprint density at radius 3 is 2.64 bits per heavy atom. The summed E-state index contributed by atoms with van der Waals surface area (Å²) in [6.45, 7) is 0.780. The maximum Gasteiger partial charge on any atom is 0.418 e. The second-order valence-corrected chi connectivity index (χ2v) is 7.32. The van der Waals surface area contributed by atoms with Gasteiger partial charge in [-0.3, -0.25) is 9.67 Å². The normalized spacial score (nSPS) is 21.3. The molecule has 134 valence electrons. The Morgan fingerprint density at radius 2 is 2.00 bits per heavy atom. The van der Waals surface area contributed by atoms with Gasteiger partial charge in [-0.25, -0.2) is 0 Å². The lowest BCUT2D eigenvalue weighted by atomic mass is 9.80. The molecule has 0 saturated heterocycles. The molecule has 2 aliphatic rings. The van der Waals surface area contributed by atoms with Gasteiger partial charge >= 0.3 is 6.18 Å². The number of aromatic nitrogens is 2. The van der Waals surface area contributed by atoms with Gasteiger partial charge in [0.25, 0.3) is 0 Å². The first-order chi connectivity index (χ1) is 11.8. The zero-order valence-electron chi connectivity index (χ0n) is 13.1. The standard InChI is InChI=1S/C16H15Cl2F3N4/c17-9-4-10-14(11(5-9)16(19,20)21)25(24-15(10)18)7-13-22-6-12(23-13)8-2-1-3-8/h4-5,8,12H,1-3,6-7H2,(H,22,23). The molecule has 1 saturated carbocycles. The molecule has 0 amide bonds. The molecular weight excluding hydrogens is 376 g/mol. The Bertz CT molecular complexity index is 855. The molecular formula is C16H15Cl2F3N4. The summed E-state index contributed by atoms with van der Waals surface area (Å²) < 4.78 is 41.6. The maximum absolute atomic E-state index is 13.4. The summed E-state index contributed by atoms with van der Waals surface area (Å²) in [6, 6.07) is 2.58. The number of aliphatic imine (C=N–C) groups is 1. The molecule has 0 spiro atoms. The van der Waals surface area contributed by atoms with Crippen molar-refractivity contribution in [3.05, 3.63) is 27.9 Å². The van der Waals surface area contributed by atoms with Crippen LogP contribution >= 0.6 is 23.2 Å². The molecule has 1 atom stereocenters. The lowest BCUT2D eigenvalue weighted by Crippen LogP contribution is -2.41. The van der Waals surface area contributed by atoms with Crippen LogP contribution in [0.15, 0.2) is 17.1 Å². The number of nitrogens with zero attached hydrogens (tertiary/aromatic N) is 3.